The van der Waals surface area contributed by atoms with Gasteiger partial charge in [0.2, 0.25) is 0 Å². The number of anilines is 2. The average molecular weight is 232 g/mol. The van der Waals surface area contributed by atoms with Crippen molar-refractivity contribution < 1.29 is 9.90 Å². The van der Waals surface area contributed by atoms with Gasteiger partial charge in [0.25, 0.3) is 0 Å². The minimum absolute atomic E-state index is 0.0298. The minimum Gasteiger partial charge on any atom is -0.465 e. The predicted octanol–water partition coefficient (Wildman–Crippen LogP) is 0.920. The highest BCUT2D eigenvalue weighted by Gasteiger charge is 2.20. The van der Waals surface area contributed by atoms with Crippen molar-refractivity contribution in [2.45, 2.75) is 6.92 Å². The number of nitrogens with one attached hydrogen (secondary N) is 1. The molecule has 4 N–H and O–H groups in total. The molecule has 0 spiro atoms. The van der Waals surface area contributed by atoms with Gasteiger partial charge < -0.3 is 10.5 Å². The molecule has 0 radical (unpaired) electrons. The molecule has 0 saturated heterocycles. The van der Waals surface area contributed by atoms with E-state index < -0.39 is 6.09 Å². The van der Waals surface area contributed by atoms with E-state index >= 15 is 0 Å². The lowest BCUT2D eigenvalue weighted by molar-refractivity contribution is 0.202. The highest BCUT2D eigenvalue weighted by Crippen LogP contribution is 2.29. The summed E-state index contributed by atoms with van der Waals surface area (Å²) in [6.07, 6.45) is 0.0437. The van der Waals surface area contributed by atoms with Crippen LogP contribution in [0.5, 0.6) is 0 Å². The molecular formula is C7H10ClN5O2. The minimum atomic E-state index is -1.15. The molecule has 1 amide bonds. The van der Waals surface area contributed by atoms with Crippen molar-refractivity contribution in [2.24, 2.45) is 5.84 Å². The number of hydrogen-bond acceptors (Lipinski definition) is 5. The summed E-state index contributed by atoms with van der Waals surface area (Å²) in [6.45, 7) is 1.88. The number of carbonyl (C=O) groups is 1. The molecule has 0 aliphatic carbocycles. The zero-order valence-electron chi connectivity index (χ0n) is 7.94. The quantitative estimate of drug-likeness (QED) is 0.406. The third-order valence-corrected chi connectivity index (χ3v) is 2.01. The Labute approximate surface area is 90.8 Å². The summed E-state index contributed by atoms with van der Waals surface area (Å²) < 4.78 is 0. The molecule has 1 aromatic heterocycles. The lowest BCUT2D eigenvalue weighted by Gasteiger charge is -2.19. The maximum atomic E-state index is 10.9. The summed E-state index contributed by atoms with van der Waals surface area (Å²) in [5.74, 6) is 5.36. The van der Waals surface area contributed by atoms with Crippen molar-refractivity contribution in [1.29, 1.82) is 0 Å². The largest absolute Gasteiger partial charge is 0.465 e. The van der Waals surface area contributed by atoms with Gasteiger partial charge in [-0.25, -0.2) is 20.6 Å². The maximum absolute atomic E-state index is 10.9. The van der Waals surface area contributed by atoms with Gasteiger partial charge in [0.05, 0.1) is 0 Å². The first kappa shape index (κ1) is 11.5. The molecule has 0 aliphatic heterocycles. The fourth-order valence-electron chi connectivity index (χ4n) is 1.09. The first-order chi connectivity index (χ1) is 7.11. The molecule has 0 bridgehead atoms. The van der Waals surface area contributed by atoms with Gasteiger partial charge in [-0.1, -0.05) is 11.6 Å². The Kier molecular flexibility index (Phi) is 3.64. The third kappa shape index (κ3) is 2.25. The molecular weight excluding hydrogens is 222 g/mol. The molecule has 82 valence electrons. The van der Waals surface area contributed by atoms with Crippen LogP contribution in [0.15, 0.2) is 6.33 Å². The zero-order chi connectivity index (χ0) is 11.4. The summed E-state index contributed by atoms with van der Waals surface area (Å²) in [5, 5.41) is 8.94. The van der Waals surface area contributed by atoms with Crippen molar-refractivity contribution >= 4 is 29.2 Å². The zero-order valence-corrected chi connectivity index (χ0v) is 8.69. The molecule has 7 nitrogen and oxygen atoms in total. The lowest BCUT2D eigenvalue weighted by Crippen LogP contribution is -2.31. The van der Waals surface area contributed by atoms with Crippen LogP contribution in [0.4, 0.5) is 16.3 Å². The first-order valence-electron chi connectivity index (χ1n) is 4.09. The number of hydrazine groups is 1. The second-order valence-electron chi connectivity index (χ2n) is 2.53. The van der Waals surface area contributed by atoms with Gasteiger partial charge in [-0.2, -0.15) is 0 Å². The summed E-state index contributed by atoms with van der Waals surface area (Å²) >= 11 is 5.77. The molecule has 0 aromatic carbocycles. The number of rotatable bonds is 3. The van der Waals surface area contributed by atoms with Gasteiger partial charge in [0.1, 0.15) is 12.0 Å². The summed E-state index contributed by atoms with van der Waals surface area (Å²) in [7, 11) is 0. The fourth-order valence-corrected chi connectivity index (χ4v) is 1.33. The lowest BCUT2D eigenvalue weighted by atomic mass is 10.4. The van der Waals surface area contributed by atoms with Crippen molar-refractivity contribution in [3.8, 4) is 0 Å². The van der Waals surface area contributed by atoms with E-state index in [-0.39, 0.29) is 23.2 Å². The number of amides is 1. The van der Waals surface area contributed by atoms with Gasteiger partial charge in [0.15, 0.2) is 11.0 Å². The van der Waals surface area contributed by atoms with Crippen LogP contribution in [0.25, 0.3) is 0 Å². The Morgan fingerprint density at radius 3 is 2.87 bits per heavy atom. The van der Waals surface area contributed by atoms with Gasteiger partial charge in [0, 0.05) is 6.54 Å². The van der Waals surface area contributed by atoms with E-state index in [1.807, 2.05) is 0 Å². The monoisotopic (exact) mass is 231 g/mol. The molecule has 0 atom stereocenters. The molecule has 1 aromatic rings. The molecule has 0 saturated carbocycles. The molecule has 0 fully saturated rings. The highest BCUT2D eigenvalue weighted by molar-refractivity contribution is 6.33. The average Bonchev–Trinajstić information content (AvgIpc) is 2.21. The predicted molar refractivity (Wildman–Crippen MR) is 55.9 cm³/mol. The van der Waals surface area contributed by atoms with Crippen molar-refractivity contribution in [3.05, 3.63) is 11.5 Å². The van der Waals surface area contributed by atoms with E-state index in [0.717, 1.165) is 4.90 Å². The fraction of sp³-hybridized carbons (Fsp3) is 0.286. The first-order valence-corrected chi connectivity index (χ1v) is 4.47. The van der Waals surface area contributed by atoms with E-state index in [0.29, 0.717) is 0 Å². The van der Waals surface area contributed by atoms with Gasteiger partial charge in [-0.15, -0.1) is 0 Å². The van der Waals surface area contributed by atoms with Crippen LogP contribution in [-0.4, -0.2) is 27.7 Å². The molecule has 0 unspecified atom stereocenters. The number of aromatic nitrogens is 2. The number of nitrogen functional groups attached to an aromatic ring is 1. The maximum Gasteiger partial charge on any atom is 0.412 e. The second-order valence-corrected chi connectivity index (χ2v) is 2.89. The van der Waals surface area contributed by atoms with Crippen LogP contribution in [0, 0.1) is 0 Å². The Morgan fingerprint density at radius 2 is 2.40 bits per heavy atom. The number of carboxylic acid groups (broad SMARTS) is 1. The Balaban J connectivity index is 3.26. The van der Waals surface area contributed by atoms with Gasteiger partial charge in [-0.05, 0) is 6.92 Å². The number of halogens is 1. The van der Waals surface area contributed by atoms with Crippen LogP contribution < -0.4 is 16.2 Å². The van der Waals surface area contributed by atoms with Crippen LogP contribution in [0.1, 0.15) is 6.92 Å². The Morgan fingerprint density at radius 1 is 1.73 bits per heavy atom. The SMILES string of the molecule is CCN(C(=O)O)c1c(Cl)ncnc1NN. The van der Waals surface area contributed by atoms with Crippen LogP contribution >= 0.6 is 11.6 Å². The van der Waals surface area contributed by atoms with Gasteiger partial charge in [-0.3, -0.25) is 4.90 Å². The molecule has 1 rings (SSSR count). The van der Waals surface area contributed by atoms with Crippen molar-refractivity contribution in [2.75, 3.05) is 16.9 Å². The van der Waals surface area contributed by atoms with Crippen LogP contribution in [0.3, 0.4) is 0 Å². The summed E-state index contributed by atoms with van der Waals surface area (Å²) in [4.78, 5) is 19.4. The second kappa shape index (κ2) is 4.76. The molecule has 0 aliphatic rings. The molecule has 1 heterocycles. The smallest absolute Gasteiger partial charge is 0.412 e. The summed E-state index contributed by atoms with van der Waals surface area (Å²) in [5.41, 5.74) is 2.42. The number of nitrogens with two attached hydrogens (primary N) is 1. The number of hydrogen-bond donors (Lipinski definition) is 3. The standard InChI is InChI=1S/C7H10ClN5O2/c1-2-13(7(14)15)4-5(8)10-3-11-6(4)12-9/h3H,2,9H2,1H3,(H,14,15)(H,10,11,12). The van der Waals surface area contributed by atoms with E-state index in [9.17, 15) is 4.79 Å². The van der Waals surface area contributed by atoms with Gasteiger partial charge >= 0.3 is 6.09 Å². The van der Waals surface area contributed by atoms with E-state index in [1.165, 1.54) is 6.33 Å². The molecule has 15 heavy (non-hydrogen) atoms. The topological polar surface area (TPSA) is 104 Å². The van der Waals surface area contributed by atoms with Crippen LogP contribution in [-0.2, 0) is 0 Å². The Hall–Kier alpha value is -1.60. The van der Waals surface area contributed by atoms with E-state index in [1.54, 1.807) is 6.92 Å². The normalized spacial score (nSPS) is 9.80. The number of nitrogens with zero attached hydrogens (tertiary/aromatic N) is 3. The van der Waals surface area contributed by atoms with Crippen LogP contribution in [0.2, 0.25) is 5.15 Å². The Bertz CT molecular complexity index is 372. The molecule has 8 heteroatoms. The van der Waals surface area contributed by atoms with E-state index in [4.69, 9.17) is 22.6 Å². The summed E-state index contributed by atoms with van der Waals surface area (Å²) in [6, 6.07) is 0. The highest BCUT2D eigenvalue weighted by atomic mass is 35.5. The van der Waals surface area contributed by atoms with E-state index in [2.05, 4.69) is 15.4 Å². The van der Waals surface area contributed by atoms with Crippen molar-refractivity contribution in [1.82, 2.24) is 9.97 Å². The van der Waals surface area contributed by atoms with Crippen molar-refractivity contribution in [3.63, 3.8) is 0 Å². The third-order valence-electron chi connectivity index (χ3n) is 1.73.